The second-order valence-electron chi connectivity index (χ2n) is 4.54. The number of hydrogen-bond donors (Lipinski definition) is 2. The monoisotopic (exact) mass is 280 g/mol. The summed E-state index contributed by atoms with van der Waals surface area (Å²) in [6, 6.07) is 16.2. The minimum atomic E-state index is -0.465. The number of nitrogens with one attached hydrogen (secondary N) is 1. The average molecular weight is 280 g/mol. The maximum atomic E-state index is 12.1. The number of hydrogen-bond acceptors (Lipinski definition) is 3. The number of rotatable bonds is 4. The maximum absolute atomic E-state index is 12.1. The lowest BCUT2D eigenvalue weighted by molar-refractivity contribution is -0.130. The molecule has 0 atom stereocenters. The fraction of sp³-hybridized carbons (Fsp3) is 0.0588. The van der Waals surface area contributed by atoms with Gasteiger partial charge in [0.2, 0.25) is 0 Å². The van der Waals surface area contributed by atoms with Crippen LogP contribution >= 0.6 is 0 Å². The lowest BCUT2D eigenvalue weighted by Gasteiger charge is -2.09. The third-order valence-electron chi connectivity index (χ3n) is 2.88. The van der Waals surface area contributed by atoms with Gasteiger partial charge in [-0.3, -0.25) is 5.41 Å². The molecule has 0 bridgehead atoms. The SMILES string of the molecule is C/C(=C\c1ccccc1)C(=O)Oc1ccccc1C(=N)N. The van der Waals surface area contributed by atoms with Crippen LogP contribution in [0.25, 0.3) is 6.08 Å². The zero-order valence-electron chi connectivity index (χ0n) is 11.7. The molecule has 0 aliphatic carbocycles. The number of carbonyl (C=O) groups excluding carboxylic acids is 1. The molecule has 0 aliphatic rings. The zero-order valence-corrected chi connectivity index (χ0v) is 11.7. The predicted octanol–water partition coefficient (Wildman–Crippen LogP) is 2.98. The van der Waals surface area contributed by atoms with Crippen LogP contribution in [0, 0.1) is 5.41 Å². The topological polar surface area (TPSA) is 76.2 Å². The average Bonchev–Trinajstić information content (AvgIpc) is 2.48. The maximum Gasteiger partial charge on any atom is 0.339 e. The highest BCUT2D eigenvalue weighted by atomic mass is 16.5. The quantitative estimate of drug-likeness (QED) is 0.297. The Hall–Kier alpha value is -2.88. The van der Waals surface area contributed by atoms with Gasteiger partial charge in [0, 0.05) is 5.57 Å². The third-order valence-corrected chi connectivity index (χ3v) is 2.88. The molecular formula is C17H16N2O2. The molecule has 0 saturated carbocycles. The van der Waals surface area contributed by atoms with E-state index >= 15 is 0 Å². The van der Waals surface area contributed by atoms with E-state index in [2.05, 4.69) is 0 Å². The lowest BCUT2D eigenvalue weighted by atomic mass is 10.1. The van der Waals surface area contributed by atoms with Gasteiger partial charge in [-0.2, -0.15) is 0 Å². The summed E-state index contributed by atoms with van der Waals surface area (Å²) < 4.78 is 5.31. The molecule has 4 nitrogen and oxygen atoms in total. The Balaban J connectivity index is 2.19. The summed E-state index contributed by atoms with van der Waals surface area (Å²) in [6.07, 6.45) is 1.75. The number of para-hydroxylation sites is 1. The van der Waals surface area contributed by atoms with Crippen molar-refractivity contribution in [2.24, 2.45) is 5.73 Å². The van der Waals surface area contributed by atoms with E-state index in [-0.39, 0.29) is 11.6 Å². The Morgan fingerprint density at radius 2 is 1.71 bits per heavy atom. The molecule has 2 aromatic rings. The normalized spacial score (nSPS) is 11.0. The van der Waals surface area contributed by atoms with Gasteiger partial charge in [0.05, 0.1) is 5.56 Å². The number of esters is 1. The van der Waals surface area contributed by atoms with Gasteiger partial charge in [-0.15, -0.1) is 0 Å². The second kappa shape index (κ2) is 6.52. The molecule has 0 heterocycles. The van der Waals surface area contributed by atoms with Crippen molar-refractivity contribution in [3.8, 4) is 5.75 Å². The summed E-state index contributed by atoms with van der Waals surface area (Å²) in [5, 5.41) is 7.48. The molecule has 2 rings (SSSR count). The van der Waals surface area contributed by atoms with Crippen LogP contribution in [0.15, 0.2) is 60.2 Å². The number of nitrogen functional groups attached to an aromatic ring is 1. The van der Waals surface area contributed by atoms with Gasteiger partial charge in [-0.25, -0.2) is 4.79 Å². The summed E-state index contributed by atoms with van der Waals surface area (Å²) in [4.78, 5) is 12.1. The number of amidine groups is 1. The second-order valence-corrected chi connectivity index (χ2v) is 4.54. The largest absolute Gasteiger partial charge is 0.422 e. The molecule has 0 saturated heterocycles. The number of carbonyl (C=O) groups is 1. The van der Waals surface area contributed by atoms with E-state index in [1.807, 2.05) is 30.3 Å². The van der Waals surface area contributed by atoms with Crippen LogP contribution in [0.3, 0.4) is 0 Å². The molecular weight excluding hydrogens is 264 g/mol. The van der Waals surface area contributed by atoms with E-state index in [1.165, 1.54) is 0 Å². The van der Waals surface area contributed by atoms with Crippen molar-refractivity contribution < 1.29 is 9.53 Å². The summed E-state index contributed by atoms with van der Waals surface area (Å²) in [5.74, 6) is -0.313. The standard InChI is InChI=1S/C17H16N2O2/c1-12(11-13-7-3-2-4-8-13)17(20)21-15-10-6-5-9-14(15)16(18)19/h2-11H,1H3,(H3,18,19)/b12-11+. The van der Waals surface area contributed by atoms with Crippen molar-refractivity contribution in [2.75, 3.05) is 0 Å². The fourth-order valence-corrected chi connectivity index (χ4v) is 1.82. The highest BCUT2D eigenvalue weighted by Crippen LogP contribution is 2.19. The first-order chi connectivity index (χ1) is 10.1. The van der Waals surface area contributed by atoms with Crippen LogP contribution in [0.2, 0.25) is 0 Å². The van der Waals surface area contributed by atoms with Crippen molar-refractivity contribution in [1.29, 1.82) is 5.41 Å². The molecule has 0 aliphatic heterocycles. The van der Waals surface area contributed by atoms with Crippen LogP contribution in [0.4, 0.5) is 0 Å². The van der Waals surface area contributed by atoms with Gasteiger partial charge in [-0.1, -0.05) is 42.5 Å². The van der Waals surface area contributed by atoms with Gasteiger partial charge in [-0.05, 0) is 30.7 Å². The molecule has 106 valence electrons. The Kier molecular flexibility index (Phi) is 4.51. The van der Waals surface area contributed by atoms with E-state index in [1.54, 1.807) is 37.3 Å². The van der Waals surface area contributed by atoms with Crippen molar-refractivity contribution in [2.45, 2.75) is 6.92 Å². The first kappa shape index (κ1) is 14.5. The summed E-state index contributed by atoms with van der Waals surface area (Å²) in [6.45, 7) is 1.69. The predicted molar refractivity (Wildman–Crippen MR) is 83.2 cm³/mol. The molecule has 3 N–H and O–H groups in total. The molecule has 0 aromatic heterocycles. The van der Waals surface area contributed by atoms with Gasteiger partial charge in [0.15, 0.2) is 0 Å². The molecule has 0 fully saturated rings. The first-order valence-corrected chi connectivity index (χ1v) is 6.47. The lowest BCUT2D eigenvalue weighted by Crippen LogP contribution is -2.16. The molecule has 0 unspecified atom stereocenters. The van der Waals surface area contributed by atoms with E-state index in [9.17, 15) is 4.79 Å². The van der Waals surface area contributed by atoms with Crippen LogP contribution in [0.1, 0.15) is 18.1 Å². The van der Waals surface area contributed by atoms with Crippen LogP contribution in [-0.4, -0.2) is 11.8 Å². The third kappa shape index (κ3) is 3.79. The van der Waals surface area contributed by atoms with Crippen molar-refractivity contribution in [3.05, 3.63) is 71.3 Å². The van der Waals surface area contributed by atoms with Crippen LogP contribution < -0.4 is 10.5 Å². The van der Waals surface area contributed by atoms with Crippen LogP contribution in [0.5, 0.6) is 5.75 Å². The number of ether oxygens (including phenoxy) is 1. The van der Waals surface area contributed by atoms with E-state index < -0.39 is 5.97 Å². The summed E-state index contributed by atoms with van der Waals surface area (Å²) >= 11 is 0. The zero-order chi connectivity index (χ0) is 15.2. The Morgan fingerprint density at radius 1 is 1.10 bits per heavy atom. The highest BCUT2D eigenvalue weighted by molar-refractivity contribution is 6.00. The summed E-state index contributed by atoms with van der Waals surface area (Å²) in [5.41, 5.74) is 7.26. The van der Waals surface area contributed by atoms with Gasteiger partial charge in [0.1, 0.15) is 11.6 Å². The van der Waals surface area contributed by atoms with Gasteiger partial charge in [0.25, 0.3) is 0 Å². The molecule has 0 amide bonds. The Morgan fingerprint density at radius 3 is 2.38 bits per heavy atom. The number of benzene rings is 2. The van der Waals surface area contributed by atoms with Crippen LogP contribution in [-0.2, 0) is 4.79 Å². The van der Waals surface area contributed by atoms with Crippen molar-refractivity contribution >= 4 is 17.9 Å². The fourth-order valence-electron chi connectivity index (χ4n) is 1.82. The Labute approximate surface area is 123 Å². The molecule has 4 heteroatoms. The van der Waals surface area contributed by atoms with E-state index in [0.29, 0.717) is 11.1 Å². The minimum Gasteiger partial charge on any atom is -0.422 e. The van der Waals surface area contributed by atoms with Gasteiger partial charge < -0.3 is 10.5 Å². The molecule has 21 heavy (non-hydrogen) atoms. The smallest absolute Gasteiger partial charge is 0.339 e. The minimum absolute atomic E-state index is 0.136. The molecule has 0 radical (unpaired) electrons. The molecule has 2 aromatic carbocycles. The van der Waals surface area contributed by atoms with Crippen molar-refractivity contribution in [1.82, 2.24) is 0 Å². The van der Waals surface area contributed by atoms with Crippen molar-refractivity contribution in [3.63, 3.8) is 0 Å². The number of nitrogens with two attached hydrogens (primary N) is 1. The van der Waals surface area contributed by atoms with E-state index in [0.717, 1.165) is 5.56 Å². The first-order valence-electron chi connectivity index (χ1n) is 6.47. The Bertz CT molecular complexity index is 691. The summed E-state index contributed by atoms with van der Waals surface area (Å²) in [7, 11) is 0. The van der Waals surface area contributed by atoms with Gasteiger partial charge >= 0.3 is 5.97 Å². The van der Waals surface area contributed by atoms with E-state index in [4.69, 9.17) is 15.9 Å². The highest BCUT2D eigenvalue weighted by Gasteiger charge is 2.12. The molecule has 0 spiro atoms.